The third-order valence-corrected chi connectivity index (χ3v) is 15.9. The van der Waals surface area contributed by atoms with Crippen LogP contribution in [0.2, 0.25) is 0 Å². The van der Waals surface area contributed by atoms with E-state index in [0.29, 0.717) is 24.8 Å². The quantitative estimate of drug-likeness (QED) is 0.179. The monoisotopic (exact) mass is 1120 g/mol. The maximum absolute atomic E-state index is 15.3. The number of nitrogens with zero attached hydrogens (tertiary/aromatic N) is 5. The van der Waals surface area contributed by atoms with E-state index in [-0.39, 0.29) is 37.3 Å². The largest absolute Gasteiger partial charge is 0.450 e. The first-order valence-corrected chi connectivity index (χ1v) is 28.4. The van der Waals surface area contributed by atoms with Crippen LogP contribution in [0.3, 0.4) is 0 Å². The van der Waals surface area contributed by atoms with E-state index in [4.69, 9.17) is 4.74 Å². The van der Waals surface area contributed by atoms with Gasteiger partial charge in [0.25, 0.3) is 5.91 Å². The molecule has 444 valence electrons. The summed E-state index contributed by atoms with van der Waals surface area (Å²) in [6.45, 7) is 20.3. The highest BCUT2D eigenvalue weighted by Gasteiger charge is 2.49. The molecule has 8 amide bonds. The van der Waals surface area contributed by atoms with E-state index in [1.54, 1.807) is 109 Å². The highest BCUT2D eigenvalue weighted by molar-refractivity contribution is 5.99. The number of esters is 1. The fraction of sp³-hybridized carbons (Fsp3) is 0.650. The minimum absolute atomic E-state index is 0.0595. The Balaban J connectivity index is 2.00. The van der Waals surface area contributed by atoms with E-state index < -0.39 is 143 Å². The Kier molecular flexibility index (Phi) is 23.8. The van der Waals surface area contributed by atoms with Gasteiger partial charge in [0.05, 0.1) is 5.60 Å². The molecule has 20 heteroatoms. The number of rotatable bonds is 13. The number of carbonyl (C=O) groups excluding carboxylic acids is 9. The second-order valence-corrected chi connectivity index (χ2v) is 23.8. The first kappa shape index (κ1) is 66.1. The molecule has 2 heterocycles. The van der Waals surface area contributed by atoms with Crippen LogP contribution < -0.4 is 16.0 Å². The molecule has 2 aliphatic rings. The predicted octanol–water partition coefficient (Wildman–Crippen LogP) is 3.86. The summed E-state index contributed by atoms with van der Waals surface area (Å²) < 4.78 is 6.08. The minimum Gasteiger partial charge on any atom is -0.450 e. The molecule has 1 unspecified atom stereocenters. The number of ether oxygens (including phenoxy) is 1. The number of carbonyl (C=O) groups is 9. The molecule has 2 aromatic rings. The highest BCUT2D eigenvalue weighted by Crippen LogP contribution is 2.30. The van der Waals surface area contributed by atoms with Gasteiger partial charge in [-0.25, -0.2) is 4.79 Å². The van der Waals surface area contributed by atoms with Crippen molar-refractivity contribution >= 4 is 53.2 Å². The van der Waals surface area contributed by atoms with Crippen molar-refractivity contribution in [2.24, 2.45) is 29.6 Å². The van der Waals surface area contributed by atoms with Crippen molar-refractivity contribution in [1.29, 1.82) is 0 Å². The molecule has 12 atom stereocenters. The van der Waals surface area contributed by atoms with Gasteiger partial charge in [0.15, 0.2) is 12.1 Å². The molecule has 0 aliphatic carbocycles. The Morgan fingerprint density at radius 1 is 0.600 bits per heavy atom. The molecule has 2 aromatic carbocycles. The smallest absolute Gasteiger partial charge is 0.332 e. The maximum Gasteiger partial charge on any atom is 0.332 e. The van der Waals surface area contributed by atoms with Crippen LogP contribution in [-0.4, -0.2) is 183 Å². The standard InChI is InChI=1S/C60H92N8O12/c1-17-37(9)44-56(75)64(13)45(35(5)6)52(71)61-41(32-34(3)4)55(74)67(16)50(60(11,12)79)59(78)80-49(38(10)18-2)58(77)65(14)46(36(7)8)53(72)62-42(33-39-26-21-19-22-27-39)54(73)66(15)47(48(69)40-28-23-20-24-29-40)57(76)68-31-25-30-43(68)51(70)63-44/h19-24,26-29,34-38,41-50,69,79H,17-18,25,30-33H2,1-16H3,(H,61,71)(H,62,72)(H,63,70)/t37-,38-,41+,42+,43+,44+,45+,46+,47?,48+,49-,50-/m1/s1. The van der Waals surface area contributed by atoms with Crippen molar-refractivity contribution in [3.8, 4) is 0 Å². The number of cyclic esters (lactones) is 1. The van der Waals surface area contributed by atoms with Crippen molar-refractivity contribution in [2.45, 2.75) is 188 Å². The molecule has 0 aromatic heterocycles. The van der Waals surface area contributed by atoms with Gasteiger partial charge in [-0.15, -0.1) is 0 Å². The molecule has 5 N–H and O–H groups in total. The van der Waals surface area contributed by atoms with E-state index >= 15 is 9.59 Å². The summed E-state index contributed by atoms with van der Waals surface area (Å²) >= 11 is 0. The van der Waals surface area contributed by atoms with Crippen LogP contribution in [-0.2, 0) is 54.3 Å². The number of likely N-dealkylation sites (N-methyl/N-ethyl adjacent to an activating group) is 4. The average Bonchev–Trinajstić information content (AvgIpc) is 3.90. The normalized spacial score (nSPS) is 26.7. The Labute approximate surface area is 474 Å². The van der Waals surface area contributed by atoms with Crippen molar-refractivity contribution in [2.75, 3.05) is 34.7 Å². The van der Waals surface area contributed by atoms with Crippen molar-refractivity contribution < 1.29 is 58.1 Å². The summed E-state index contributed by atoms with van der Waals surface area (Å²) in [6.07, 6.45) is -1.96. The van der Waals surface area contributed by atoms with Crippen LogP contribution >= 0.6 is 0 Å². The summed E-state index contributed by atoms with van der Waals surface area (Å²) in [5.74, 6) is -9.51. The van der Waals surface area contributed by atoms with Gasteiger partial charge in [0, 0.05) is 47.1 Å². The fourth-order valence-electron chi connectivity index (χ4n) is 11.0. The first-order valence-electron chi connectivity index (χ1n) is 28.4. The number of benzene rings is 2. The van der Waals surface area contributed by atoms with Crippen molar-refractivity contribution in [3.63, 3.8) is 0 Å². The van der Waals surface area contributed by atoms with Crippen LogP contribution in [0.1, 0.15) is 132 Å². The Hall–Kier alpha value is -6.41. The second-order valence-electron chi connectivity index (χ2n) is 23.8. The molecule has 0 bridgehead atoms. The molecule has 2 saturated heterocycles. The number of fused-ring (bicyclic) bond motifs is 1. The highest BCUT2D eigenvalue weighted by atomic mass is 16.6. The van der Waals surface area contributed by atoms with Gasteiger partial charge in [-0.1, -0.05) is 136 Å². The molecule has 2 aliphatic heterocycles. The third kappa shape index (κ3) is 15.9. The van der Waals surface area contributed by atoms with Crippen LogP contribution in [0.4, 0.5) is 0 Å². The topological polar surface area (TPSA) is 256 Å². The Bertz CT molecular complexity index is 2470. The number of hydrogen-bond donors (Lipinski definition) is 5. The number of nitrogens with one attached hydrogen (secondary N) is 3. The molecule has 80 heavy (non-hydrogen) atoms. The lowest BCUT2D eigenvalue weighted by atomic mass is 9.93. The fourth-order valence-corrected chi connectivity index (χ4v) is 11.0. The third-order valence-electron chi connectivity index (χ3n) is 15.9. The van der Waals surface area contributed by atoms with Gasteiger partial charge < -0.3 is 55.4 Å². The minimum atomic E-state index is -1.99. The molecule has 20 nitrogen and oxygen atoms in total. The van der Waals surface area contributed by atoms with E-state index in [1.165, 1.54) is 51.8 Å². The predicted molar refractivity (Wildman–Crippen MR) is 303 cm³/mol. The zero-order valence-electron chi connectivity index (χ0n) is 50.1. The van der Waals surface area contributed by atoms with Crippen LogP contribution in [0, 0.1) is 29.6 Å². The van der Waals surface area contributed by atoms with Crippen LogP contribution in [0.5, 0.6) is 0 Å². The molecule has 4 rings (SSSR count). The number of aliphatic hydroxyl groups is 2. The zero-order chi connectivity index (χ0) is 60.2. The van der Waals surface area contributed by atoms with Gasteiger partial charge in [-0.2, -0.15) is 0 Å². The molecule has 0 saturated carbocycles. The van der Waals surface area contributed by atoms with Gasteiger partial charge >= 0.3 is 5.97 Å². The van der Waals surface area contributed by atoms with E-state index in [1.807, 2.05) is 20.8 Å². The summed E-state index contributed by atoms with van der Waals surface area (Å²) in [6, 6.07) is 6.14. The van der Waals surface area contributed by atoms with E-state index in [9.17, 15) is 43.8 Å². The summed E-state index contributed by atoms with van der Waals surface area (Å²) in [5, 5.41) is 32.6. The SMILES string of the molecule is CC[C@@H](C)[C@@H]1NC(=O)[C@@H]2CCCN2C(=O)C([C@@H](O)c2ccccc2)N(C)C(=O)[C@H](Cc2ccccc2)NC(=O)[C@H](C(C)C)N(C)C(=O)[C@@H]([C@H](C)CC)OC(=O)[C@H](C(C)(C)O)N(C)C(=O)[C@H](CC(C)C)NC(=O)[C@H](C(C)C)N(C)C1=O. The van der Waals surface area contributed by atoms with Crippen molar-refractivity contribution in [3.05, 3.63) is 71.8 Å². The summed E-state index contributed by atoms with van der Waals surface area (Å²) in [7, 11) is 5.45. The molecule has 0 spiro atoms. The van der Waals surface area contributed by atoms with Gasteiger partial charge in [-0.05, 0) is 74.3 Å². The van der Waals surface area contributed by atoms with Gasteiger partial charge in [-0.3, -0.25) is 38.4 Å². The maximum atomic E-state index is 15.3. The Morgan fingerprint density at radius 2 is 1.09 bits per heavy atom. The number of hydrogen-bond acceptors (Lipinski definition) is 12. The lowest BCUT2D eigenvalue weighted by Crippen LogP contribution is -2.63. The van der Waals surface area contributed by atoms with Gasteiger partial charge in [0.1, 0.15) is 48.4 Å². The average molecular weight is 1120 g/mol. The lowest BCUT2D eigenvalue weighted by molar-refractivity contribution is -0.177. The summed E-state index contributed by atoms with van der Waals surface area (Å²) in [4.78, 5) is 140. The lowest BCUT2D eigenvalue weighted by Gasteiger charge is -2.39. The van der Waals surface area contributed by atoms with Gasteiger partial charge in [0.2, 0.25) is 41.4 Å². The zero-order valence-corrected chi connectivity index (χ0v) is 50.1. The number of aliphatic hydroxyl groups excluding tert-OH is 1. The van der Waals surface area contributed by atoms with Crippen LogP contribution in [0.25, 0.3) is 0 Å². The van der Waals surface area contributed by atoms with Crippen LogP contribution in [0.15, 0.2) is 60.7 Å². The van der Waals surface area contributed by atoms with E-state index in [0.717, 1.165) is 14.7 Å². The van der Waals surface area contributed by atoms with Crippen molar-refractivity contribution in [1.82, 2.24) is 40.4 Å². The van der Waals surface area contributed by atoms with E-state index in [2.05, 4.69) is 16.0 Å². The first-order chi connectivity index (χ1) is 37.4. The number of amides is 8. The summed E-state index contributed by atoms with van der Waals surface area (Å²) in [5.41, 5.74) is -1.07. The second kappa shape index (κ2) is 28.8. The molecule has 0 radical (unpaired) electrons. The molecular weight excluding hydrogens is 1020 g/mol. The molecular formula is C60H92N8O12. The molecule has 2 fully saturated rings. The Morgan fingerprint density at radius 3 is 1.59 bits per heavy atom.